The number of aliphatic hydroxyl groups excluding tert-OH is 2. The van der Waals surface area contributed by atoms with E-state index in [2.05, 4.69) is 4.99 Å². The minimum atomic E-state index is -1.06. The molecule has 4 aliphatic rings. The molecule has 3 aliphatic heterocycles. The first-order chi connectivity index (χ1) is 11.9. The Morgan fingerprint density at radius 3 is 2.88 bits per heavy atom. The Kier molecular flexibility index (Phi) is 3.64. The van der Waals surface area contributed by atoms with Gasteiger partial charge in [0.1, 0.15) is 18.2 Å². The smallest absolute Gasteiger partial charge is 0.331 e. The second-order valence-electron chi connectivity index (χ2n) is 6.69. The Hall–Kier alpha value is -2.29. The average molecular weight is 345 g/mol. The summed E-state index contributed by atoms with van der Waals surface area (Å²) in [6.45, 7) is 1.71. The summed E-state index contributed by atoms with van der Waals surface area (Å²) in [5.74, 6) is 0.284. The van der Waals surface area contributed by atoms with Crippen molar-refractivity contribution in [1.29, 1.82) is 0 Å². The predicted octanol–water partition coefficient (Wildman–Crippen LogP) is -0.0580. The summed E-state index contributed by atoms with van der Waals surface area (Å²) in [5, 5.41) is 19.1. The van der Waals surface area contributed by atoms with E-state index in [1.165, 1.54) is 15.9 Å². The molecule has 4 rings (SSSR count). The number of urea groups is 1. The number of aliphatic hydroxyl groups is 2. The maximum Gasteiger partial charge on any atom is 0.331 e. The van der Waals surface area contributed by atoms with Gasteiger partial charge in [0.25, 0.3) is 0 Å². The van der Waals surface area contributed by atoms with Crippen molar-refractivity contribution in [2.24, 2.45) is 4.99 Å². The third kappa shape index (κ3) is 2.45. The number of allylic oxidation sites excluding steroid dienone is 2. The molecule has 0 unspecified atom stereocenters. The van der Waals surface area contributed by atoms with E-state index in [0.717, 1.165) is 5.57 Å². The molecule has 4 atom stereocenters. The molecule has 3 heterocycles. The van der Waals surface area contributed by atoms with Crippen molar-refractivity contribution in [1.82, 2.24) is 9.80 Å². The molecule has 1 fully saturated rings. The second kappa shape index (κ2) is 5.62. The van der Waals surface area contributed by atoms with Crippen LogP contribution in [0, 0.1) is 0 Å². The number of nitrogens with zero attached hydrogens (tertiary/aromatic N) is 3. The van der Waals surface area contributed by atoms with E-state index in [9.17, 15) is 19.8 Å². The summed E-state index contributed by atoms with van der Waals surface area (Å²) in [7, 11) is 0. The van der Waals surface area contributed by atoms with Crippen molar-refractivity contribution in [2.75, 3.05) is 13.2 Å². The Bertz CT molecular complexity index is 755. The van der Waals surface area contributed by atoms with Gasteiger partial charge in [0, 0.05) is 12.6 Å². The summed E-state index contributed by atoms with van der Waals surface area (Å²) in [5.41, 5.74) is -0.140. The first-order valence-electron chi connectivity index (χ1n) is 8.18. The predicted molar refractivity (Wildman–Crippen MR) is 87.5 cm³/mol. The first-order valence-corrected chi connectivity index (χ1v) is 8.18. The number of ketones is 1. The lowest BCUT2D eigenvalue weighted by molar-refractivity contribution is -0.117. The number of amides is 2. The van der Waals surface area contributed by atoms with E-state index in [4.69, 9.17) is 4.74 Å². The fourth-order valence-electron chi connectivity index (χ4n) is 3.59. The van der Waals surface area contributed by atoms with Gasteiger partial charge in [0.15, 0.2) is 11.3 Å². The number of aliphatic imine (C=N–C) groups is 1. The molecule has 8 heteroatoms. The summed E-state index contributed by atoms with van der Waals surface area (Å²) < 4.78 is 5.55. The minimum absolute atomic E-state index is 0.140. The standard InChI is InChI=1S/C17H19N3O5/c1-10-2-3-13(23)17(7-10)9-20-14(18-17)4-5-19(16(20)24)15-6-11(22)12(8-21)25-15/h2-5,7,11-12,15,21-22H,6,8-9H2,1H3/t11-,12+,15+,17+/m0/s1. The van der Waals surface area contributed by atoms with Crippen molar-refractivity contribution in [3.63, 3.8) is 0 Å². The lowest BCUT2D eigenvalue weighted by Gasteiger charge is -2.33. The number of amidine groups is 1. The van der Waals surface area contributed by atoms with E-state index in [0.29, 0.717) is 5.84 Å². The molecular formula is C17H19N3O5. The molecular weight excluding hydrogens is 326 g/mol. The van der Waals surface area contributed by atoms with Gasteiger partial charge < -0.3 is 14.9 Å². The number of carbonyl (C=O) groups is 2. The Labute approximate surface area is 144 Å². The molecule has 0 aromatic heterocycles. The van der Waals surface area contributed by atoms with Gasteiger partial charge in [-0.05, 0) is 25.2 Å². The lowest BCUT2D eigenvalue weighted by Crippen LogP contribution is -2.51. The number of hydrogen-bond acceptors (Lipinski definition) is 6. The van der Waals surface area contributed by atoms with Crippen LogP contribution in [-0.2, 0) is 9.53 Å². The highest BCUT2D eigenvalue weighted by Crippen LogP contribution is 2.33. The molecule has 0 aromatic carbocycles. The third-order valence-corrected chi connectivity index (χ3v) is 4.91. The SMILES string of the molecule is CC1=C[C@@]2(CN3C(=O)N([C@H]4C[C@H](O)[C@@H](CO)O4)C=CC3=N2)C(=O)C=C1. The van der Waals surface area contributed by atoms with Crippen LogP contribution in [0.25, 0.3) is 0 Å². The van der Waals surface area contributed by atoms with Gasteiger partial charge in [-0.2, -0.15) is 0 Å². The topological polar surface area (TPSA) is 103 Å². The maximum absolute atomic E-state index is 12.9. The van der Waals surface area contributed by atoms with E-state index in [1.54, 1.807) is 24.4 Å². The van der Waals surface area contributed by atoms with E-state index >= 15 is 0 Å². The molecule has 0 aromatic rings. The molecule has 0 radical (unpaired) electrons. The largest absolute Gasteiger partial charge is 0.394 e. The summed E-state index contributed by atoms with van der Waals surface area (Å²) in [6.07, 6.45) is 6.24. The molecule has 2 N–H and O–H groups in total. The van der Waals surface area contributed by atoms with Crippen LogP contribution >= 0.6 is 0 Å². The van der Waals surface area contributed by atoms with Crippen molar-refractivity contribution in [3.8, 4) is 0 Å². The zero-order chi connectivity index (χ0) is 17.8. The molecule has 1 aliphatic carbocycles. The fourth-order valence-corrected chi connectivity index (χ4v) is 3.59. The highest BCUT2D eigenvalue weighted by molar-refractivity contribution is 6.13. The van der Waals surface area contributed by atoms with Crippen LogP contribution < -0.4 is 0 Å². The quantitative estimate of drug-likeness (QED) is 0.730. The Morgan fingerprint density at radius 1 is 1.36 bits per heavy atom. The minimum Gasteiger partial charge on any atom is -0.394 e. The van der Waals surface area contributed by atoms with Crippen LogP contribution in [0.3, 0.4) is 0 Å². The van der Waals surface area contributed by atoms with E-state index < -0.39 is 24.0 Å². The average Bonchev–Trinajstić information content (AvgIpc) is 3.13. The van der Waals surface area contributed by atoms with Gasteiger partial charge in [-0.25, -0.2) is 9.79 Å². The molecule has 1 saturated heterocycles. The van der Waals surface area contributed by atoms with Gasteiger partial charge in [-0.3, -0.25) is 14.6 Å². The van der Waals surface area contributed by atoms with Gasteiger partial charge >= 0.3 is 6.03 Å². The molecule has 0 saturated carbocycles. The van der Waals surface area contributed by atoms with Crippen LogP contribution in [0.2, 0.25) is 0 Å². The zero-order valence-electron chi connectivity index (χ0n) is 13.7. The van der Waals surface area contributed by atoms with Crippen molar-refractivity contribution in [2.45, 2.75) is 37.3 Å². The lowest BCUT2D eigenvalue weighted by atomic mass is 9.88. The van der Waals surface area contributed by atoms with Gasteiger partial charge in [0.2, 0.25) is 0 Å². The highest BCUT2D eigenvalue weighted by Gasteiger charge is 2.49. The van der Waals surface area contributed by atoms with E-state index in [-0.39, 0.29) is 31.4 Å². The molecule has 8 nitrogen and oxygen atoms in total. The van der Waals surface area contributed by atoms with Crippen LogP contribution in [0.4, 0.5) is 4.79 Å². The van der Waals surface area contributed by atoms with Crippen molar-refractivity contribution >= 4 is 17.6 Å². The van der Waals surface area contributed by atoms with Crippen LogP contribution in [0.5, 0.6) is 0 Å². The monoisotopic (exact) mass is 345 g/mol. The molecule has 132 valence electrons. The van der Waals surface area contributed by atoms with Crippen LogP contribution in [0.15, 0.2) is 41.1 Å². The van der Waals surface area contributed by atoms with Crippen LogP contribution in [0.1, 0.15) is 13.3 Å². The zero-order valence-corrected chi connectivity index (χ0v) is 13.7. The normalized spacial score (nSPS) is 37.0. The van der Waals surface area contributed by atoms with Gasteiger partial charge in [-0.1, -0.05) is 11.6 Å². The van der Waals surface area contributed by atoms with Crippen molar-refractivity contribution < 1.29 is 24.5 Å². The number of hydrogen-bond donors (Lipinski definition) is 2. The molecule has 0 bridgehead atoms. The molecule has 25 heavy (non-hydrogen) atoms. The Morgan fingerprint density at radius 2 is 2.16 bits per heavy atom. The van der Waals surface area contributed by atoms with E-state index in [1.807, 2.05) is 6.92 Å². The summed E-state index contributed by atoms with van der Waals surface area (Å²) in [4.78, 5) is 32.5. The van der Waals surface area contributed by atoms with Crippen molar-refractivity contribution in [3.05, 3.63) is 36.1 Å². The number of rotatable bonds is 2. The highest BCUT2D eigenvalue weighted by atomic mass is 16.5. The third-order valence-electron chi connectivity index (χ3n) is 4.91. The first kappa shape index (κ1) is 16.2. The van der Waals surface area contributed by atoms with Gasteiger partial charge in [-0.15, -0.1) is 0 Å². The Balaban J connectivity index is 1.58. The summed E-state index contributed by atoms with van der Waals surface area (Å²) in [6, 6.07) is -0.359. The molecule has 1 spiro atoms. The number of ether oxygens (including phenoxy) is 1. The fraction of sp³-hybridized carbons (Fsp3) is 0.471. The maximum atomic E-state index is 12.9. The van der Waals surface area contributed by atoms with Crippen LogP contribution in [-0.4, -0.2) is 74.8 Å². The summed E-state index contributed by atoms with van der Waals surface area (Å²) >= 11 is 0. The second-order valence-corrected chi connectivity index (χ2v) is 6.69. The molecule has 2 amide bonds. The number of carbonyl (C=O) groups excluding carboxylic acids is 2. The number of fused-ring (bicyclic) bond motifs is 1. The van der Waals surface area contributed by atoms with Gasteiger partial charge in [0.05, 0.1) is 19.3 Å².